The first-order valence-electron chi connectivity index (χ1n) is 4.95. The van der Waals surface area contributed by atoms with Crippen LogP contribution in [0.25, 0.3) is 0 Å². The second-order valence-corrected chi connectivity index (χ2v) is 4.14. The molecule has 0 radical (unpaired) electrons. The molecule has 74 valence electrons. The molecule has 0 N–H and O–H groups in total. The first-order valence-corrected chi connectivity index (χ1v) is 4.95. The molecule has 1 atom stereocenters. The zero-order valence-electron chi connectivity index (χ0n) is 8.04. The molecule has 2 aliphatic rings. The van der Waals surface area contributed by atoms with Crippen molar-refractivity contribution in [1.82, 2.24) is 0 Å². The van der Waals surface area contributed by atoms with Crippen molar-refractivity contribution in [3.63, 3.8) is 0 Å². The molecule has 2 fully saturated rings. The smallest absolute Gasteiger partial charge is 0.306 e. The average Bonchev–Trinajstić information content (AvgIpc) is 2.89. The van der Waals surface area contributed by atoms with Gasteiger partial charge in [-0.25, -0.2) is 0 Å². The Balaban J connectivity index is 2.00. The van der Waals surface area contributed by atoms with Crippen molar-refractivity contribution in [2.45, 2.75) is 38.2 Å². The highest BCUT2D eigenvalue weighted by Crippen LogP contribution is 2.49. The third-order valence-corrected chi connectivity index (χ3v) is 3.34. The fourth-order valence-electron chi connectivity index (χ4n) is 2.45. The van der Waals surface area contributed by atoms with Crippen LogP contribution in [0.3, 0.4) is 0 Å². The summed E-state index contributed by atoms with van der Waals surface area (Å²) in [7, 11) is 1.46. The maximum absolute atomic E-state index is 11.2. The van der Waals surface area contributed by atoms with Crippen LogP contribution in [-0.4, -0.2) is 25.8 Å². The summed E-state index contributed by atoms with van der Waals surface area (Å²) in [5, 5.41) is 0. The highest BCUT2D eigenvalue weighted by atomic mass is 16.6. The summed E-state index contributed by atoms with van der Waals surface area (Å²) in [6.07, 6.45) is 5.62. The topological polar surface area (TPSA) is 38.8 Å². The minimum absolute atomic E-state index is 0.0857. The summed E-state index contributed by atoms with van der Waals surface area (Å²) in [5.74, 6) is -0.0857. The number of carbonyl (C=O) groups is 1. The Morgan fingerprint density at radius 3 is 2.62 bits per heavy atom. The Morgan fingerprint density at radius 2 is 2.15 bits per heavy atom. The largest absolute Gasteiger partial charge is 0.469 e. The molecule has 0 aromatic heterocycles. The van der Waals surface area contributed by atoms with Crippen molar-refractivity contribution >= 4 is 5.97 Å². The maximum Gasteiger partial charge on any atom is 0.306 e. The number of rotatable bonds is 3. The molecule has 1 heterocycles. The van der Waals surface area contributed by atoms with Gasteiger partial charge in [-0.05, 0) is 12.8 Å². The van der Waals surface area contributed by atoms with Crippen LogP contribution in [0.4, 0.5) is 0 Å². The van der Waals surface area contributed by atoms with Crippen molar-refractivity contribution in [3.05, 3.63) is 0 Å². The van der Waals surface area contributed by atoms with Crippen LogP contribution in [0.15, 0.2) is 0 Å². The van der Waals surface area contributed by atoms with Gasteiger partial charge >= 0.3 is 5.97 Å². The molecule has 13 heavy (non-hydrogen) atoms. The minimum atomic E-state index is -0.0857. The van der Waals surface area contributed by atoms with Gasteiger partial charge in [-0.2, -0.15) is 0 Å². The molecular weight excluding hydrogens is 168 g/mol. The molecule has 0 spiro atoms. The lowest BCUT2D eigenvalue weighted by atomic mass is 9.79. The van der Waals surface area contributed by atoms with Crippen molar-refractivity contribution < 1.29 is 14.3 Å². The number of carbonyl (C=O) groups excluding carboxylic acids is 1. The lowest BCUT2D eigenvalue weighted by Crippen LogP contribution is -2.27. The Bertz CT molecular complexity index is 202. The third kappa shape index (κ3) is 1.70. The molecule has 3 nitrogen and oxygen atoms in total. The summed E-state index contributed by atoms with van der Waals surface area (Å²) >= 11 is 0. The van der Waals surface area contributed by atoms with Gasteiger partial charge in [0, 0.05) is 5.41 Å². The quantitative estimate of drug-likeness (QED) is 0.493. The zero-order valence-corrected chi connectivity index (χ0v) is 8.04. The molecule has 3 heteroatoms. The predicted molar refractivity (Wildman–Crippen MR) is 47.3 cm³/mol. The Kier molecular flexibility index (Phi) is 2.28. The fourth-order valence-corrected chi connectivity index (χ4v) is 2.45. The highest BCUT2D eigenvalue weighted by molar-refractivity contribution is 5.70. The summed E-state index contributed by atoms with van der Waals surface area (Å²) in [4.78, 5) is 11.2. The van der Waals surface area contributed by atoms with E-state index in [4.69, 9.17) is 9.47 Å². The van der Waals surface area contributed by atoms with Crippen LogP contribution >= 0.6 is 0 Å². The van der Waals surface area contributed by atoms with Crippen LogP contribution in [0, 0.1) is 5.41 Å². The second-order valence-electron chi connectivity index (χ2n) is 4.14. The molecule has 1 unspecified atom stereocenters. The van der Waals surface area contributed by atoms with Gasteiger partial charge in [0.1, 0.15) is 0 Å². The van der Waals surface area contributed by atoms with Gasteiger partial charge in [-0.3, -0.25) is 4.79 Å². The van der Waals surface area contributed by atoms with E-state index in [1.807, 2.05) is 0 Å². The van der Waals surface area contributed by atoms with Crippen molar-refractivity contribution in [2.24, 2.45) is 5.41 Å². The summed E-state index contributed by atoms with van der Waals surface area (Å²) in [6, 6.07) is 0. The normalized spacial score (nSPS) is 30.1. The van der Waals surface area contributed by atoms with E-state index in [0.29, 0.717) is 12.5 Å². The highest BCUT2D eigenvalue weighted by Gasteiger charge is 2.49. The zero-order chi connectivity index (χ0) is 9.31. The van der Waals surface area contributed by atoms with Crippen LogP contribution < -0.4 is 0 Å². The van der Waals surface area contributed by atoms with E-state index in [0.717, 1.165) is 19.4 Å². The van der Waals surface area contributed by atoms with E-state index in [2.05, 4.69) is 0 Å². The van der Waals surface area contributed by atoms with Crippen molar-refractivity contribution in [2.75, 3.05) is 13.7 Å². The Labute approximate surface area is 78.4 Å². The molecule has 1 aliphatic carbocycles. The number of epoxide rings is 1. The van der Waals surface area contributed by atoms with E-state index in [1.165, 1.54) is 20.0 Å². The van der Waals surface area contributed by atoms with Crippen LogP contribution in [-0.2, 0) is 14.3 Å². The van der Waals surface area contributed by atoms with Gasteiger partial charge in [0.15, 0.2) is 0 Å². The van der Waals surface area contributed by atoms with Gasteiger partial charge in [-0.1, -0.05) is 12.8 Å². The third-order valence-electron chi connectivity index (χ3n) is 3.34. The molecule has 1 aliphatic heterocycles. The first-order chi connectivity index (χ1) is 6.27. The average molecular weight is 184 g/mol. The lowest BCUT2D eigenvalue weighted by Gasteiger charge is -2.25. The number of esters is 1. The summed E-state index contributed by atoms with van der Waals surface area (Å²) < 4.78 is 10.1. The summed E-state index contributed by atoms with van der Waals surface area (Å²) in [5.41, 5.74) is 0.132. The molecule has 1 saturated carbocycles. The summed E-state index contributed by atoms with van der Waals surface area (Å²) in [6.45, 7) is 0.844. The van der Waals surface area contributed by atoms with E-state index in [-0.39, 0.29) is 11.4 Å². The lowest BCUT2D eigenvalue weighted by molar-refractivity contribution is -0.143. The van der Waals surface area contributed by atoms with Gasteiger partial charge in [0.25, 0.3) is 0 Å². The monoisotopic (exact) mass is 184 g/mol. The second kappa shape index (κ2) is 3.29. The standard InChI is InChI=1S/C10H16O3/c1-12-9(11)6-10(8-7-13-8)4-2-3-5-10/h8H,2-7H2,1H3. The molecular formula is C10H16O3. The van der Waals surface area contributed by atoms with Crippen LogP contribution in [0.1, 0.15) is 32.1 Å². The van der Waals surface area contributed by atoms with Gasteiger partial charge in [0.05, 0.1) is 26.2 Å². The van der Waals surface area contributed by atoms with Crippen LogP contribution in [0.5, 0.6) is 0 Å². The Hall–Kier alpha value is -0.570. The molecule has 1 saturated heterocycles. The maximum atomic E-state index is 11.2. The molecule has 0 bridgehead atoms. The Morgan fingerprint density at radius 1 is 1.54 bits per heavy atom. The fraction of sp³-hybridized carbons (Fsp3) is 0.900. The minimum Gasteiger partial charge on any atom is -0.469 e. The van der Waals surface area contributed by atoms with Crippen molar-refractivity contribution in [1.29, 1.82) is 0 Å². The number of hydrogen-bond acceptors (Lipinski definition) is 3. The molecule has 0 aromatic carbocycles. The molecule has 0 aromatic rings. The van der Waals surface area contributed by atoms with E-state index < -0.39 is 0 Å². The van der Waals surface area contributed by atoms with Crippen LogP contribution in [0.2, 0.25) is 0 Å². The number of hydrogen-bond donors (Lipinski definition) is 0. The van der Waals surface area contributed by atoms with Gasteiger partial charge < -0.3 is 9.47 Å². The first kappa shape index (κ1) is 9.00. The predicted octanol–water partition coefficient (Wildman–Crippen LogP) is 1.51. The van der Waals surface area contributed by atoms with Gasteiger partial charge in [-0.15, -0.1) is 0 Å². The van der Waals surface area contributed by atoms with Gasteiger partial charge in [0.2, 0.25) is 0 Å². The molecule has 2 rings (SSSR count). The molecule has 0 amide bonds. The van der Waals surface area contributed by atoms with Crippen molar-refractivity contribution in [3.8, 4) is 0 Å². The SMILES string of the molecule is COC(=O)CC1(C2CO2)CCCC1. The van der Waals surface area contributed by atoms with E-state index >= 15 is 0 Å². The van der Waals surface area contributed by atoms with E-state index in [9.17, 15) is 4.79 Å². The number of methoxy groups -OCH3 is 1. The van der Waals surface area contributed by atoms with E-state index in [1.54, 1.807) is 0 Å². The number of ether oxygens (including phenoxy) is 2.